The monoisotopic (exact) mass is 305 g/mol. The molecule has 5 heteroatoms. The molecule has 5 nitrogen and oxygen atoms in total. The first-order valence-corrected chi connectivity index (χ1v) is 7.31. The van der Waals surface area contributed by atoms with Crippen molar-refractivity contribution in [2.75, 3.05) is 5.32 Å². The molecule has 0 atom stereocenters. The highest BCUT2D eigenvalue weighted by Crippen LogP contribution is 2.18. The smallest absolute Gasteiger partial charge is 0.224 e. The Hall–Kier alpha value is -3.13. The van der Waals surface area contributed by atoms with Gasteiger partial charge in [-0.25, -0.2) is 4.98 Å². The third-order valence-corrected chi connectivity index (χ3v) is 3.52. The lowest BCUT2D eigenvalue weighted by Crippen LogP contribution is -2.13. The van der Waals surface area contributed by atoms with Crippen LogP contribution in [0.25, 0.3) is 11.1 Å². The number of carbonyl (C=O) groups is 1. The van der Waals surface area contributed by atoms with E-state index >= 15 is 0 Å². The van der Waals surface area contributed by atoms with Crippen LogP contribution in [-0.4, -0.2) is 10.9 Å². The van der Waals surface area contributed by atoms with Gasteiger partial charge in [0.15, 0.2) is 11.5 Å². The van der Waals surface area contributed by atoms with E-state index < -0.39 is 0 Å². The van der Waals surface area contributed by atoms with Gasteiger partial charge in [0.05, 0.1) is 11.3 Å². The predicted molar refractivity (Wildman–Crippen MR) is 86.9 cm³/mol. The number of benzene rings is 2. The molecule has 0 unspecified atom stereocenters. The summed E-state index contributed by atoms with van der Waals surface area (Å²) in [4.78, 5) is 16.4. The summed E-state index contributed by atoms with van der Waals surface area (Å²) in [7, 11) is 0. The maximum atomic E-state index is 12.1. The number of hydrogen-bond acceptors (Lipinski definition) is 4. The molecular formula is C18H15N3O2. The molecule has 2 aromatic carbocycles. The summed E-state index contributed by atoms with van der Waals surface area (Å²) in [6, 6.07) is 14.8. The number of aromatic nitrogens is 1. The number of fused-ring (bicyclic) bond motifs is 1. The average Bonchev–Trinajstić information content (AvgIpc) is 2.92. The molecule has 0 saturated carbocycles. The van der Waals surface area contributed by atoms with Crippen LogP contribution < -0.4 is 5.32 Å². The van der Waals surface area contributed by atoms with E-state index in [0.29, 0.717) is 30.0 Å². The van der Waals surface area contributed by atoms with Gasteiger partial charge in [-0.1, -0.05) is 18.2 Å². The molecule has 1 N–H and O–H groups in total. The molecular weight excluding hydrogens is 290 g/mol. The van der Waals surface area contributed by atoms with Crippen LogP contribution in [-0.2, 0) is 11.2 Å². The lowest BCUT2D eigenvalue weighted by Gasteiger charge is -2.06. The standard InChI is InChI=1S/C18H15N3O2/c1-12-20-16-10-13(6-8-17(16)23-12)7-9-18(22)21-15-5-3-2-4-14(15)11-19/h2-6,8,10H,7,9H2,1H3,(H,21,22). The van der Waals surface area contributed by atoms with Gasteiger partial charge in [-0.05, 0) is 36.2 Å². The van der Waals surface area contributed by atoms with E-state index in [9.17, 15) is 4.79 Å². The predicted octanol–water partition coefficient (Wildman–Crippen LogP) is 3.58. The number of nitriles is 1. The normalized spacial score (nSPS) is 10.4. The highest BCUT2D eigenvalue weighted by Gasteiger charge is 2.08. The number of hydrogen-bond donors (Lipinski definition) is 1. The topological polar surface area (TPSA) is 78.9 Å². The van der Waals surface area contributed by atoms with E-state index in [2.05, 4.69) is 16.4 Å². The Kier molecular flexibility index (Phi) is 4.07. The van der Waals surface area contributed by atoms with Gasteiger partial charge in [0, 0.05) is 13.3 Å². The van der Waals surface area contributed by atoms with Crippen molar-refractivity contribution in [3.8, 4) is 6.07 Å². The van der Waals surface area contributed by atoms with E-state index in [1.165, 1.54) is 0 Å². The van der Waals surface area contributed by atoms with Crippen molar-refractivity contribution in [2.24, 2.45) is 0 Å². The number of amides is 1. The third kappa shape index (κ3) is 3.38. The van der Waals surface area contributed by atoms with E-state index in [1.54, 1.807) is 31.2 Å². The zero-order valence-corrected chi connectivity index (χ0v) is 12.7. The van der Waals surface area contributed by atoms with Gasteiger partial charge in [-0.15, -0.1) is 0 Å². The Bertz CT molecular complexity index is 906. The average molecular weight is 305 g/mol. The minimum atomic E-state index is -0.121. The summed E-state index contributed by atoms with van der Waals surface area (Å²) >= 11 is 0. The fourth-order valence-electron chi connectivity index (χ4n) is 2.40. The molecule has 0 aliphatic heterocycles. The summed E-state index contributed by atoms with van der Waals surface area (Å²) < 4.78 is 5.43. The highest BCUT2D eigenvalue weighted by atomic mass is 16.3. The summed E-state index contributed by atoms with van der Waals surface area (Å²) in [6.07, 6.45) is 0.935. The molecule has 0 aliphatic rings. The Labute approximate surface area is 133 Å². The number of nitrogens with one attached hydrogen (secondary N) is 1. The van der Waals surface area contributed by atoms with Crippen molar-refractivity contribution < 1.29 is 9.21 Å². The molecule has 0 fully saturated rings. The van der Waals surface area contributed by atoms with Gasteiger partial charge in [0.2, 0.25) is 5.91 Å². The summed E-state index contributed by atoms with van der Waals surface area (Å²) in [5.74, 6) is 0.507. The second-order valence-corrected chi connectivity index (χ2v) is 5.24. The second-order valence-electron chi connectivity index (χ2n) is 5.24. The van der Waals surface area contributed by atoms with Gasteiger partial charge < -0.3 is 9.73 Å². The molecule has 1 aromatic heterocycles. The van der Waals surface area contributed by atoms with Crippen molar-refractivity contribution in [1.82, 2.24) is 4.98 Å². The van der Waals surface area contributed by atoms with Crippen LogP contribution in [0.3, 0.4) is 0 Å². The van der Waals surface area contributed by atoms with Crippen LogP contribution in [0.4, 0.5) is 5.69 Å². The first-order valence-electron chi connectivity index (χ1n) is 7.31. The van der Waals surface area contributed by atoms with Crippen molar-refractivity contribution in [3.05, 3.63) is 59.5 Å². The Balaban J connectivity index is 1.65. The summed E-state index contributed by atoms with van der Waals surface area (Å²) in [5, 5.41) is 11.8. The van der Waals surface area contributed by atoms with Crippen molar-refractivity contribution >= 4 is 22.7 Å². The van der Waals surface area contributed by atoms with Crippen LogP contribution in [0.5, 0.6) is 0 Å². The SMILES string of the molecule is Cc1nc2cc(CCC(=O)Nc3ccccc3C#N)ccc2o1. The van der Waals surface area contributed by atoms with Crippen molar-refractivity contribution in [1.29, 1.82) is 5.26 Å². The fourth-order valence-corrected chi connectivity index (χ4v) is 2.40. The van der Waals surface area contributed by atoms with Crippen molar-refractivity contribution in [3.63, 3.8) is 0 Å². The highest BCUT2D eigenvalue weighted by molar-refractivity contribution is 5.92. The molecule has 0 aliphatic carbocycles. The van der Waals surface area contributed by atoms with E-state index in [4.69, 9.17) is 9.68 Å². The van der Waals surface area contributed by atoms with Gasteiger partial charge in [0.1, 0.15) is 11.6 Å². The van der Waals surface area contributed by atoms with Gasteiger partial charge in [-0.3, -0.25) is 4.79 Å². The minimum Gasteiger partial charge on any atom is -0.441 e. The quantitative estimate of drug-likeness (QED) is 0.799. The largest absolute Gasteiger partial charge is 0.441 e. The van der Waals surface area contributed by atoms with Crippen LogP contribution in [0, 0.1) is 18.3 Å². The number of nitrogens with zero attached hydrogens (tertiary/aromatic N) is 2. The van der Waals surface area contributed by atoms with Gasteiger partial charge in [-0.2, -0.15) is 5.26 Å². The molecule has 1 amide bonds. The van der Waals surface area contributed by atoms with E-state index in [-0.39, 0.29) is 5.91 Å². The first kappa shape index (κ1) is 14.8. The summed E-state index contributed by atoms with van der Waals surface area (Å²) in [5.41, 5.74) is 3.58. The van der Waals surface area contributed by atoms with Gasteiger partial charge >= 0.3 is 0 Å². The maximum Gasteiger partial charge on any atom is 0.224 e. The van der Waals surface area contributed by atoms with E-state index in [0.717, 1.165) is 16.7 Å². The number of carbonyl (C=O) groups excluding carboxylic acids is 1. The Morgan fingerprint density at radius 3 is 2.96 bits per heavy atom. The third-order valence-electron chi connectivity index (χ3n) is 3.52. The summed E-state index contributed by atoms with van der Waals surface area (Å²) in [6.45, 7) is 1.81. The molecule has 114 valence electrons. The lowest BCUT2D eigenvalue weighted by atomic mass is 10.1. The van der Waals surface area contributed by atoms with Gasteiger partial charge in [0.25, 0.3) is 0 Å². The maximum absolute atomic E-state index is 12.1. The Morgan fingerprint density at radius 1 is 1.30 bits per heavy atom. The van der Waals surface area contributed by atoms with E-state index in [1.807, 2.05) is 18.2 Å². The molecule has 1 heterocycles. The first-order chi connectivity index (χ1) is 11.2. The molecule has 3 aromatic rings. The molecule has 0 spiro atoms. The number of aryl methyl sites for hydroxylation is 2. The second kappa shape index (κ2) is 6.32. The minimum absolute atomic E-state index is 0.121. The Morgan fingerprint density at radius 2 is 2.13 bits per heavy atom. The van der Waals surface area contributed by atoms with Crippen LogP contribution in [0.15, 0.2) is 46.9 Å². The molecule has 0 bridgehead atoms. The van der Waals surface area contributed by atoms with Crippen LogP contribution >= 0.6 is 0 Å². The van der Waals surface area contributed by atoms with Crippen LogP contribution in [0.2, 0.25) is 0 Å². The van der Waals surface area contributed by atoms with Crippen molar-refractivity contribution in [2.45, 2.75) is 19.8 Å². The number of para-hydroxylation sites is 1. The molecule has 3 rings (SSSR count). The fraction of sp³-hybridized carbons (Fsp3) is 0.167. The molecule has 0 radical (unpaired) electrons. The lowest BCUT2D eigenvalue weighted by molar-refractivity contribution is -0.116. The zero-order valence-electron chi connectivity index (χ0n) is 12.7. The van der Waals surface area contributed by atoms with Crippen LogP contribution in [0.1, 0.15) is 23.4 Å². The number of rotatable bonds is 4. The number of oxazole rings is 1. The zero-order chi connectivity index (χ0) is 16.2. The molecule has 0 saturated heterocycles. The molecule has 23 heavy (non-hydrogen) atoms. The number of anilines is 1.